The lowest BCUT2D eigenvalue weighted by Crippen LogP contribution is -2.48. The van der Waals surface area contributed by atoms with Crippen LogP contribution in [-0.4, -0.2) is 59.1 Å². The van der Waals surface area contributed by atoms with Crippen LogP contribution in [0.1, 0.15) is 47.3 Å². The molecule has 2 unspecified atom stereocenters. The van der Waals surface area contributed by atoms with E-state index in [1.807, 2.05) is 42.5 Å². The number of ketones is 1. The zero-order valence-electron chi connectivity index (χ0n) is 19.1. The van der Waals surface area contributed by atoms with E-state index in [2.05, 4.69) is 27.5 Å². The number of methoxy groups -OCH3 is 1. The van der Waals surface area contributed by atoms with Crippen LogP contribution in [0.3, 0.4) is 0 Å². The normalized spacial score (nSPS) is 22.4. The highest BCUT2D eigenvalue weighted by Gasteiger charge is 2.39. The number of aromatic nitrogens is 2. The van der Waals surface area contributed by atoms with Gasteiger partial charge in [0.15, 0.2) is 5.69 Å². The number of Topliss-reactive ketones (excluding diaryl/α,β-unsaturated/α-hetero) is 1. The highest BCUT2D eigenvalue weighted by atomic mass is 16.5. The Balaban J connectivity index is 1.27. The third-order valence-corrected chi connectivity index (χ3v) is 7.21. The van der Waals surface area contributed by atoms with Crippen molar-refractivity contribution in [3.8, 4) is 5.75 Å². The maximum atomic E-state index is 13.1. The van der Waals surface area contributed by atoms with Crippen molar-refractivity contribution >= 4 is 22.6 Å². The smallest absolute Gasteiger partial charge is 0.272 e. The highest BCUT2D eigenvalue weighted by Crippen LogP contribution is 2.34. The number of nitrogens with zero attached hydrogens (tertiary/aromatic N) is 2. The number of hydrogen-bond donors (Lipinski definition) is 2. The van der Waals surface area contributed by atoms with Gasteiger partial charge in [-0.3, -0.25) is 14.7 Å². The van der Waals surface area contributed by atoms with Gasteiger partial charge < -0.3 is 15.0 Å². The molecule has 2 bridgehead atoms. The Kier molecular flexibility index (Phi) is 5.89. The molecule has 2 saturated heterocycles. The minimum Gasteiger partial charge on any atom is -0.497 e. The van der Waals surface area contributed by atoms with E-state index >= 15 is 0 Å². The second-order valence-corrected chi connectivity index (χ2v) is 9.39. The number of amides is 1. The lowest BCUT2D eigenvalue weighted by atomic mass is 9.97. The van der Waals surface area contributed by atoms with Crippen LogP contribution in [0.15, 0.2) is 42.5 Å². The molecule has 0 saturated carbocycles. The first-order chi connectivity index (χ1) is 16.0. The van der Waals surface area contributed by atoms with Gasteiger partial charge in [-0.25, -0.2) is 0 Å². The maximum Gasteiger partial charge on any atom is 0.272 e. The van der Waals surface area contributed by atoms with Gasteiger partial charge in [0.25, 0.3) is 5.91 Å². The van der Waals surface area contributed by atoms with Crippen molar-refractivity contribution in [1.82, 2.24) is 20.4 Å². The Labute approximate surface area is 193 Å². The third-order valence-electron chi connectivity index (χ3n) is 7.21. The molecule has 0 radical (unpaired) electrons. The predicted octanol–water partition coefficient (Wildman–Crippen LogP) is 3.28. The number of H-pyrrole nitrogens is 1. The van der Waals surface area contributed by atoms with Gasteiger partial charge >= 0.3 is 0 Å². The molecule has 0 aliphatic carbocycles. The van der Waals surface area contributed by atoms with Gasteiger partial charge in [-0.15, -0.1) is 0 Å². The lowest BCUT2D eigenvalue weighted by Gasteiger charge is -2.36. The monoisotopic (exact) mass is 446 g/mol. The van der Waals surface area contributed by atoms with Crippen LogP contribution in [0, 0.1) is 0 Å². The Morgan fingerprint density at radius 1 is 1.09 bits per heavy atom. The Morgan fingerprint density at radius 2 is 1.82 bits per heavy atom. The number of rotatable bonds is 7. The van der Waals surface area contributed by atoms with E-state index in [0.717, 1.165) is 40.6 Å². The molecule has 1 amide bonds. The number of benzene rings is 2. The van der Waals surface area contributed by atoms with Gasteiger partial charge in [0, 0.05) is 36.4 Å². The van der Waals surface area contributed by atoms with Crippen LogP contribution < -0.4 is 10.1 Å². The van der Waals surface area contributed by atoms with Crippen LogP contribution in [0.2, 0.25) is 0 Å². The molecule has 5 rings (SSSR count). The molecule has 172 valence electrons. The van der Waals surface area contributed by atoms with Crippen molar-refractivity contribution in [2.75, 3.05) is 14.2 Å². The number of fused-ring (bicyclic) bond motifs is 3. The minimum absolute atomic E-state index is 0.110. The number of nitrogens with one attached hydrogen (secondary N) is 2. The van der Waals surface area contributed by atoms with Crippen LogP contribution >= 0.6 is 0 Å². The van der Waals surface area contributed by atoms with Gasteiger partial charge in [0.1, 0.15) is 11.5 Å². The van der Waals surface area contributed by atoms with Gasteiger partial charge in [-0.05, 0) is 68.1 Å². The fourth-order valence-corrected chi connectivity index (χ4v) is 5.43. The van der Waals surface area contributed by atoms with Crippen LogP contribution in [-0.2, 0) is 17.6 Å². The molecular weight excluding hydrogens is 416 g/mol. The summed E-state index contributed by atoms with van der Waals surface area (Å²) in [5.41, 5.74) is 3.00. The average Bonchev–Trinajstić information content (AvgIpc) is 3.29. The molecule has 1 aromatic heterocycles. The van der Waals surface area contributed by atoms with E-state index in [4.69, 9.17) is 4.74 Å². The number of carbonyl (C=O) groups is 2. The van der Waals surface area contributed by atoms with Crippen molar-refractivity contribution in [2.24, 2.45) is 0 Å². The number of aromatic amines is 1. The van der Waals surface area contributed by atoms with E-state index in [1.165, 1.54) is 12.8 Å². The summed E-state index contributed by atoms with van der Waals surface area (Å²) < 4.78 is 5.24. The quantitative estimate of drug-likeness (QED) is 0.582. The number of carbonyl (C=O) groups excluding carboxylic acids is 2. The number of ether oxygens (including phenoxy) is 1. The van der Waals surface area contributed by atoms with E-state index in [9.17, 15) is 9.59 Å². The van der Waals surface area contributed by atoms with E-state index < -0.39 is 0 Å². The zero-order chi connectivity index (χ0) is 22.9. The third kappa shape index (κ3) is 4.50. The molecule has 2 aliphatic heterocycles. The number of hydrogen-bond acceptors (Lipinski definition) is 5. The van der Waals surface area contributed by atoms with Crippen LogP contribution in [0.25, 0.3) is 10.9 Å². The molecule has 2 aliphatic rings. The van der Waals surface area contributed by atoms with Crippen LogP contribution in [0.4, 0.5) is 0 Å². The molecule has 2 aromatic carbocycles. The SMILES string of the molecule is COc1cccc(CC(=O)Cc2ccc3[nH]nc(C(=O)NC4CC5CCC(C4)N5C)c3c2)c1. The average molecular weight is 447 g/mol. The first-order valence-corrected chi connectivity index (χ1v) is 11.6. The van der Waals surface area contributed by atoms with E-state index in [0.29, 0.717) is 30.6 Å². The molecule has 2 fully saturated rings. The molecule has 7 heteroatoms. The summed E-state index contributed by atoms with van der Waals surface area (Å²) in [7, 11) is 3.81. The molecule has 2 N–H and O–H groups in total. The second-order valence-electron chi connectivity index (χ2n) is 9.39. The summed E-state index contributed by atoms with van der Waals surface area (Å²) >= 11 is 0. The molecule has 2 atom stereocenters. The van der Waals surface area contributed by atoms with Gasteiger partial charge in [0.2, 0.25) is 0 Å². The van der Waals surface area contributed by atoms with Gasteiger partial charge in [0.05, 0.1) is 12.6 Å². The maximum absolute atomic E-state index is 13.1. The highest BCUT2D eigenvalue weighted by molar-refractivity contribution is 6.05. The summed E-state index contributed by atoms with van der Waals surface area (Å²) in [6, 6.07) is 14.6. The molecule has 7 nitrogen and oxygen atoms in total. The summed E-state index contributed by atoms with van der Waals surface area (Å²) in [4.78, 5) is 28.2. The first kappa shape index (κ1) is 21.6. The Hall–Kier alpha value is -3.19. The summed E-state index contributed by atoms with van der Waals surface area (Å²) in [6.45, 7) is 0. The zero-order valence-corrected chi connectivity index (χ0v) is 19.1. The van der Waals surface area contributed by atoms with Crippen molar-refractivity contribution in [3.05, 3.63) is 59.3 Å². The fraction of sp³-hybridized carbons (Fsp3) is 0.423. The Bertz CT molecular complexity index is 1170. The largest absolute Gasteiger partial charge is 0.497 e. The predicted molar refractivity (Wildman–Crippen MR) is 127 cm³/mol. The van der Waals surface area contributed by atoms with Crippen molar-refractivity contribution in [2.45, 2.75) is 56.7 Å². The first-order valence-electron chi connectivity index (χ1n) is 11.6. The second kappa shape index (κ2) is 8.98. The number of piperidine rings is 1. The summed E-state index contributed by atoms with van der Waals surface area (Å²) in [5, 5.41) is 11.2. The fourth-order valence-electron chi connectivity index (χ4n) is 5.43. The summed E-state index contributed by atoms with van der Waals surface area (Å²) in [5.74, 6) is 0.711. The standard InChI is InChI=1S/C26H30N4O3/c1-30-19-7-8-20(30)15-18(14-19)27-26(32)25-23-13-17(6-9-24(23)28-29-25)11-21(31)10-16-4-3-5-22(12-16)33-2/h3-6,9,12-13,18-20H,7-8,10-11,14-15H2,1-2H3,(H,27,32)(H,28,29). The molecular formula is C26H30N4O3. The summed E-state index contributed by atoms with van der Waals surface area (Å²) in [6.07, 6.45) is 5.05. The molecule has 3 aromatic rings. The molecule has 0 spiro atoms. The van der Waals surface area contributed by atoms with E-state index in [-0.39, 0.29) is 17.7 Å². The molecule has 33 heavy (non-hydrogen) atoms. The topological polar surface area (TPSA) is 87.3 Å². The van der Waals surface area contributed by atoms with Gasteiger partial charge in [-0.2, -0.15) is 5.10 Å². The van der Waals surface area contributed by atoms with Crippen molar-refractivity contribution < 1.29 is 14.3 Å². The minimum atomic E-state index is -0.143. The van der Waals surface area contributed by atoms with Crippen molar-refractivity contribution in [3.63, 3.8) is 0 Å². The Morgan fingerprint density at radius 3 is 2.55 bits per heavy atom. The van der Waals surface area contributed by atoms with Crippen molar-refractivity contribution in [1.29, 1.82) is 0 Å². The van der Waals surface area contributed by atoms with Crippen LogP contribution in [0.5, 0.6) is 5.75 Å². The lowest BCUT2D eigenvalue weighted by molar-refractivity contribution is -0.117. The van der Waals surface area contributed by atoms with Gasteiger partial charge in [-0.1, -0.05) is 18.2 Å². The molecule has 3 heterocycles. The van der Waals surface area contributed by atoms with E-state index in [1.54, 1.807) is 7.11 Å².